The van der Waals surface area contributed by atoms with Crippen molar-refractivity contribution in [3.8, 4) is 5.75 Å². The highest BCUT2D eigenvalue weighted by molar-refractivity contribution is 8.01. The van der Waals surface area contributed by atoms with Gasteiger partial charge in [-0.2, -0.15) is 0 Å². The molecule has 1 aromatic heterocycles. The van der Waals surface area contributed by atoms with Crippen LogP contribution >= 0.6 is 23.1 Å². The number of methoxy groups -OCH3 is 1. The van der Waals surface area contributed by atoms with E-state index in [-0.39, 0.29) is 17.6 Å². The number of aryl methyl sites for hydroxylation is 2. The van der Waals surface area contributed by atoms with Crippen molar-refractivity contribution in [1.82, 2.24) is 10.2 Å². The lowest BCUT2D eigenvalue weighted by atomic mass is 10.1. The highest BCUT2D eigenvalue weighted by Crippen LogP contribution is 2.26. The minimum absolute atomic E-state index is 0.126. The van der Waals surface area contributed by atoms with Gasteiger partial charge < -0.3 is 10.1 Å². The van der Waals surface area contributed by atoms with Crippen LogP contribution in [0.2, 0.25) is 0 Å². The average molecular weight is 429 g/mol. The largest absolute Gasteiger partial charge is 0.497 e. The molecule has 2 amide bonds. The number of hydrogen-bond donors (Lipinski definition) is 2. The maximum absolute atomic E-state index is 12.3. The van der Waals surface area contributed by atoms with Crippen LogP contribution in [0.4, 0.5) is 10.8 Å². The first kappa shape index (κ1) is 20.8. The standard InChI is InChI=1S/C20H20N4O3S2/c1-12-8-13(2)10-15(9-12)21-17(25)11-28-20-24-23-19(29-20)22-18(26)14-4-6-16(27-3)7-5-14/h4-10H,11H2,1-3H3,(H,21,25)(H,22,23,26). The van der Waals surface area contributed by atoms with Crippen molar-refractivity contribution in [2.45, 2.75) is 18.2 Å². The first-order valence-electron chi connectivity index (χ1n) is 8.73. The summed E-state index contributed by atoms with van der Waals surface area (Å²) in [5, 5.41) is 13.9. The zero-order valence-electron chi connectivity index (χ0n) is 16.2. The lowest BCUT2D eigenvalue weighted by molar-refractivity contribution is -0.113. The van der Waals surface area contributed by atoms with Crippen LogP contribution in [0.1, 0.15) is 21.5 Å². The minimum atomic E-state index is -0.284. The van der Waals surface area contributed by atoms with E-state index in [1.165, 1.54) is 23.1 Å². The number of ether oxygens (including phenoxy) is 1. The van der Waals surface area contributed by atoms with Crippen LogP contribution in [0.3, 0.4) is 0 Å². The quantitative estimate of drug-likeness (QED) is 0.434. The van der Waals surface area contributed by atoms with Gasteiger partial charge in [-0.1, -0.05) is 29.2 Å². The van der Waals surface area contributed by atoms with E-state index in [4.69, 9.17) is 4.74 Å². The molecular formula is C20H20N4O3S2. The van der Waals surface area contributed by atoms with E-state index in [2.05, 4.69) is 20.8 Å². The molecular weight excluding hydrogens is 408 g/mol. The van der Waals surface area contributed by atoms with E-state index in [9.17, 15) is 9.59 Å². The molecule has 0 saturated heterocycles. The van der Waals surface area contributed by atoms with Gasteiger partial charge in [0.05, 0.1) is 12.9 Å². The average Bonchev–Trinajstić information content (AvgIpc) is 3.13. The van der Waals surface area contributed by atoms with Crippen molar-refractivity contribution in [2.75, 3.05) is 23.5 Å². The Hall–Kier alpha value is -2.91. The summed E-state index contributed by atoms with van der Waals surface area (Å²) in [6.45, 7) is 3.97. The molecule has 0 radical (unpaired) electrons. The Morgan fingerprint density at radius 1 is 1.03 bits per heavy atom. The summed E-state index contributed by atoms with van der Waals surface area (Å²) in [4.78, 5) is 24.4. The first-order valence-corrected chi connectivity index (χ1v) is 10.5. The Labute approximate surface area is 176 Å². The molecule has 0 aliphatic carbocycles. The number of anilines is 2. The van der Waals surface area contributed by atoms with Crippen molar-refractivity contribution in [1.29, 1.82) is 0 Å². The highest BCUT2D eigenvalue weighted by atomic mass is 32.2. The summed E-state index contributed by atoms with van der Waals surface area (Å²) in [6.07, 6.45) is 0. The number of hydrogen-bond acceptors (Lipinski definition) is 7. The van der Waals surface area contributed by atoms with Crippen LogP contribution in [0.5, 0.6) is 5.75 Å². The lowest BCUT2D eigenvalue weighted by Gasteiger charge is -2.06. The molecule has 0 fully saturated rings. The third-order valence-corrected chi connectivity index (χ3v) is 5.78. The Bertz CT molecular complexity index is 999. The molecule has 7 nitrogen and oxygen atoms in total. The number of nitrogens with zero attached hydrogens (tertiary/aromatic N) is 2. The zero-order valence-corrected chi connectivity index (χ0v) is 17.8. The first-order chi connectivity index (χ1) is 13.9. The maximum atomic E-state index is 12.3. The van der Waals surface area contributed by atoms with Gasteiger partial charge in [-0.15, -0.1) is 10.2 Å². The van der Waals surface area contributed by atoms with E-state index < -0.39 is 0 Å². The summed E-state index contributed by atoms with van der Waals surface area (Å²) < 4.78 is 5.68. The third kappa shape index (κ3) is 6.03. The van der Waals surface area contributed by atoms with Crippen molar-refractivity contribution >= 4 is 45.7 Å². The topological polar surface area (TPSA) is 93.2 Å². The Kier molecular flexibility index (Phi) is 6.84. The molecule has 3 rings (SSSR count). The van der Waals surface area contributed by atoms with Crippen molar-refractivity contribution < 1.29 is 14.3 Å². The molecule has 0 aliphatic rings. The molecule has 9 heteroatoms. The lowest BCUT2D eigenvalue weighted by Crippen LogP contribution is -2.14. The molecule has 1 heterocycles. The molecule has 0 saturated carbocycles. The van der Waals surface area contributed by atoms with Crippen LogP contribution in [-0.4, -0.2) is 34.9 Å². The van der Waals surface area contributed by atoms with E-state index in [0.717, 1.165) is 16.8 Å². The molecule has 0 unspecified atom stereocenters. The number of aromatic nitrogens is 2. The van der Waals surface area contributed by atoms with Gasteiger partial charge in [-0.05, 0) is 61.4 Å². The molecule has 3 aromatic rings. The summed E-state index contributed by atoms with van der Waals surface area (Å²) >= 11 is 2.49. The van der Waals surface area contributed by atoms with Gasteiger partial charge in [-0.25, -0.2) is 0 Å². The normalized spacial score (nSPS) is 10.4. The number of rotatable bonds is 7. The SMILES string of the molecule is COc1ccc(C(=O)Nc2nnc(SCC(=O)Nc3cc(C)cc(C)c3)s2)cc1. The molecule has 2 aromatic carbocycles. The van der Waals surface area contributed by atoms with E-state index >= 15 is 0 Å². The number of amides is 2. The number of thioether (sulfide) groups is 1. The van der Waals surface area contributed by atoms with Gasteiger partial charge in [0.25, 0.3) is 5.91 Å². The highest BCUT2D eigenvalue weighted by Gasteiger charge is 2.12. The molecule has 29 heavy (non-hydrogen) atoms. The van der Waals surface area contributed by atoms with E-state index in [0.29, 0.717) is 20.8 Å². The fraction of sp³-hybridized carbons (Fsp3) is 0.200. The number of benzene rings is 2. The monoisotopic (exact) mass is 428 g/mol. The van der Waals surface area contributed by atoms with Crippen LogP contribution in [0.25, 0.3) is 0 Å². The van der Waals surface area contributed by atoms with Gasteiger partial charge in [0.1, 0.15) is 5.75 Å². The Balaban J connectivity index is 1.51. The van der Waals surface area contributed by atoms with Crippen LogP contribution in [-0.2, 0) is 4.79 Å². The van der Waals surface area contributed by atoms with Crippen LogP contribution in [0.15, 0.2) is 46.8 Å². The van der Waals surface area contributed by atoms with Gasteiger partial charge in [-0.3, -0.25) is 14.9 Å². The summed E-state index contributed by atoms with van der Waals surface area (Å²) in [5.41, 5.74) is 3.45. The summed E-state index contributed by atoms with van der Waals surface area (Å²) in [7, 11) is 1.57. The van der Waals surface area contributed by atoms with Gasteiger partial charge >= 0.3 is 0 Å². The van der Waals surface area contributed by atoms with E-state index in [1.54, 1.807) is 31.4 Å². The summed E-state index contributed by atoms with van der Waals surface area (Å²) in [6, 6.07) is 12.7. The molecule has 0 atom stereocenters. The second kappa shape index (κ2) is 9.53. The van der Waals surface area contributed by atoms with Crippen molar-refractivity contribution in [2.24, 2.45) is 0 Å². The van der Waals surface area contributed by atoms with Crippen molar-refractivity contribution in [3.63, 3.8) is 0 Å². The fourth-order valence-electron chi connectivity index (χ4n) is 2.60. The third-order valence-electron chi connectivity index (χ3n) is 3.81. The smallest absolute Gasteiger partial charge is 0.257 e. The van der Waals surface area contributed by atoms with Gasteiger partial charge in [0, 0.05) is 11.3 Å². The second-order valence-corrected chi connectivity index (χ2v) is 8.47. The number of nitrogens with one attached hydrogen (secondary N) is 2. The minimum Gasteiger partial charge on any atom is -0.497 e. The van der Waals surface area contributed by atoms with E-state index in [1.807, 2.05) is 32.0 Å². The molecule has 0 aliphatic heterocycles. The second-order valence-electron chi connectivity index (χ2n) is 6.27. The fourth-order valence-corrected chi connectivity index (χ4v) is 4.15. The molecule has 150 valence electrons. The van der Waals surface area contributed by atoms with Gasteiger partial charge in [0.15, 0.2) is 4.34 Å². The predicted octanol–water partition coefficient (Wildman–Crippen LogP) is 4.15. The summed E-state index contributed by atoms with van der Waals surface area (Å²) in [5.74, 6) is 0.468. The predicted molar refractivity (Wildman–Crippen MR) is 116 cm³/mol. The molecule has 2 N–H and O–H groups in total. The molecule has 0 spiro atoms. The van der Waals surface area contributed by atoms with Crippen molar-refractivity contribution in [3.05, 3.63) is 59.2 Å². The number of carbonyl (C=O) groups is 2. The zero-order chi connectivity index (χ0) is 20.8. The van der Waals surface area contributed by atoms with Crippen LogP contribution < -0.4 is 15.4 Å². The maximum Gasteiger partial charge on any atom is 0.257 e. The Morgan fingerprint density at radius 3 is 2.38 bits per heavy atom. The molecule has 0 bridgehead atoms. The number of carbonyl (C=O) groups excluding carboxylic acids is 2. The Morgan fingerprint density at radius 2 is 1.72 bits per heavy atom. The van der Waals surface area contributed by atoms with Gasteiger partial charge in [0.2, 0.25) is 11.0 Å². The van der Waals surface area contributed by atoms with Crippen LogP contribution in [0, 0.1) is 13.8 Å².